The molecule has 0 fully saturated rings. The number of rotatable bonds is 3. The van der Waals surface area contributed by atoms with Gasteiger partial charge in [-0.3, -0.25) is 9.59 Å². The van der Waals surface area contributed by atoms with Crippen molar-refractivity contribution in [1.82, 2.24) is 4.98 Å². The fourth-order valence-corrected chi connectivity index (χ4v) is 3.22. The largest absolute Gasteiger partial charge is 0.369 e. The van der Waals surface area contributed by atoms with E-state index in [2.05, 4.69) is 9.88 Å². The fraction of sp³-hybridized carbons (Fsp3) is 0.267. The van der Waals surface area contributed by atoms with E-state index in [1.165, 1.54) is 9.78 Å². The smallest absolute Gasteiger partial charge is 0.299 e. The highest BCUT2D eigenvalue weighted by Crippen LogP contribution is 2.32. The van der Waals surface area contributed by atoms with Crippen LogP contribution in [0.1, 0.15) is 20.9 Å². The molecule has 0 unspecified atom stereocenters. The lowest BCUT2D eigenvalue weighted by Gasteiger charge is -2.20. The Hall–Kier alpha value is -2.21. The highest BCUT2D eigenvalue weighted by Gasteiger charge is 2.33. The molecule has 0 saturated carbocycles. The molecule has 0 spiro atoms. The first-order chi connectivity index (χ1) is 9.99. The van der Waals surface area contributed by atoms with Crippen LogP contribution in [0, 0.1) is 6.92 Å². The lowest BCUT2D eigenvalue weighted by Crippen LogP contribution is -2.24. The number of hydrogen-bond donors (Lipinski definition) is 0. The lowest BCUT2D eigenvalue weighted by atomic mass is 10.1. The Morgan fingerprint density at radius 2 is 2.10 bits per heavy atom. The Labute approximate surface area is 126 Å². The van der Waals surface area contributed by atoms with Crippen LogP contribution >= 0.6 is 11.3 Å². The van der Waals surface area contributed by atoms with E-state index < -0.39 is 11.7 Å². The van der Waals surface area contributed by atoms with E-state index in [4.69, 9.17) is 0 Å². The Morgan fingerprint density at radius 3 is 2.76 bits per heavy atom. The molecule has 5 nitrogen and oxygen atoms in total. The Morgan fingerprint density at radius 1 is 1.33 bits per heavy atom. The zero-order valence-electron chi connectivity index (χ0n) is 12.1. The van der Waals surface area contributed by atoms with Crippen LogP contribution in [0.3, 0.4) is 0 Å². The van der Waals surface area contributed by atoms with Crippen molar-refractivity contribution in [3.63, 3.8) is 0 Å². The number of amides is 1. The maximum absolute atomic E-state index is 11.8. The molecule has 21 heavy (non-hydrogen) atoms. The second kappa shape index (κ2) is 4.96. The van der Waals surface area contributed by atoms with Gasteiger partial charge in [0.25, 0.3) is 11.7 Å². The summed E-state index contributed by atoms with van der Waals surface area (Å²) in [5.41, 5.74) is 5.00. The molecule has 1 amide bonds. The van der Waals surface area contributed by atoms with Crippen molar-refractivity contribution < 1.29 is 9.59 Å². The summed E-state index contributed by atoms with van der Waals surface area (Å²) in [6.07, 6.45) is 0. The molecule has 1 aromatic carbocycles. The molecule has 1 aliphatic heterocycles. The molecule has 1 aromatic heterocycles. The zero-order valence-corrected chi connectivity index (χ0v) is 12.9. The summed E-state index contributed by atoms with van der Waals surface area (Å²) in [6, 6.07) is 5.48. The standard InChI is InChI=1S/C15H15N3O2S/c1-9-13(21-8-16-9)7-17(2)10-4-5-11-12(6-10)18(3)15(20)14(11)19/h4-6,8H,7H2,1-3H3. The molecule has 0 atom stereocenters. The number of ketones is 1. The highest BCUT2D eigenvalue weighted by atomic mass is 32.1. The molecular weight excluding hydrogens is 286 g/mol. The van der Waals surface area contributed by atoms with E-state index >= 15 is 0 Å². The van der Waals surface area contributed by atoms with Gasteiger partial charge in [-0.05, 0) is 25.1 Å². The van der Waals surface area contributed by atoms with Crippen molar-refractivity contribution in [2.24, 2.45) is 0 Å². The molecule has 0 bridgehead atoms. The van der Waals surface area contributed by atoms with Crippen molar-refractivity contribution in [3.05, 3.63) is 39.8 Å². The minimum atomic E-state index is -0.469. The van der Waals surface area contributed by atoms with Gasteiger partial charge < -0.3 is 9.80 Å². The van der Waals surface area contributed by atoms with Gasteiger partial charge in [0.15, 0.2) is 0 Å². The SMILES string of the molecule is Cc1ncsc1CN(C)c1ccc2c(c1)N(C)C(=O)C2=O. The molecule has 0 saturated heterocycles. The predicted octanol–water partition coefficient (Wildman–Crippen LogP) is 2.25. The van der Waals surface area contributed by atoms with Gasteiger partial charge in [-0.1, -0.05) is 0 Å². The molecule has 2 heterocycles. The third-order valence-corrected chi connectivity index (χ3v) is 4.67. The van der Waals surface area contributed by atoms with Crippen molar-refractivity contribution in [3.8, 4) is 0 Å². The first kappa shape index (κ1) is 13.8. The molecule has 1 aliphatic rings. The number of nitrogens with zero attached hydrogens (tertiary/aromatic N) is 3. The highest BCUT2D eigenvalue weighted by molar-refractivity contribution is 7.09. The third-order valence-electron chi connectivity index (χ3n) is 3.75. The molecule has 3 rings (SSSR count). The van der Waals surface area contributed by atoms with Gasteiger partial charge >= 0.3 is 0 Å². The number of benzene rings is 1. The van der Waals surface area contributed by atoms with E-state index in [1.54, 1.807) is 24.5 Å². The topological polar surface area (TPSA) is 53.5 Å². The number of thiazole rings is 1. The summed E-state index contributed by atoms with van der Waals surface area (Å²) in [7, 11) is 3.61. The summed E-state index contributed by atoms with van der Waals surface area (Å²) in [6.45, 7) is 2.74. The lowest BCUT2D eigenvalue weighted by molar-refractivity contribution is -0.114. The number of carbonyl (C=O) groups is 2. The number of Topliss-reactive ketones (excluding diaryl/α,β-unsaturated/α-hetero) is 1. The predicted molar refractivity (Wildman–Crippen MR) is 83.1 cm³/mol. The summed E-state index contributed by atoms with van der Waals surface area (Å²) in [5, 5.41) is 0. The quantitative estimate of drug-likeness (QED) is 0.816. The van der Waals surface area contributed by atoms with E-state index in [1.807, 2.05) is 31.6 Å². The Kier molecular flexibility index (Phi) is 3.25. The molecule has 6 heteroatoms. The van der Waals surface area contributed by atoms with Crippen LogP contribution in [0.25, 0.3) is 0 Å². The van der Waals surface area contributed by atoms with Crippen LogP contribution in [-0.2, 0) is 11.3 Å². The number of likely N-dealkylation sites (N-methyl/N-ethyl adjacent to an activating group) is 1. The first-order valence-corrected chi connectivity index (χ1v) is 7.43. The van der Waals surface area contributed by atoms with Gasteiger partial charge in [-0.2, -0.15) is 0 Å². The van der Waals surface area contributed by atoms with Crippen molar-refractivity contribution in [1.29, 1.82) is 0 Å². The van der Waals surface area contributed by atoms with E-state index in [0.717, 1.165) is 17.9 Å². The third kappa shape index (κ3) is 2.21. The van der Waals surface area contributed by atoms with E-state index in [-0.39, 0.29) is 0 Å². The molecule has 0 radical (unpaired) electrons. The van der Waals surface area contributed by atoms with Crippen LogP contribution in [0.2, 0.25) is 0 Å². The minimum Gasteiger partial charge on any atom is -0.369 e. The van der Waals surface area contributed by atoms with Gasteiger partial charge in [0.05, 0.1) is 29.0 Å². The summed E-state index contributed by atoms with van der Waals surface area (Å²) in [4.78, 5) is 32.4. The molecular formula is C15H15N3O2S. The van der Waals surface area contributed by atoms with Gasteiger partial charge in [0, 0.05) is 24.7 Å². The molecule has 108 valence electrons. The Bertz CT molecular complexity index is 738. The van der Waals surface area contributed by atoms with Crippen molar-refractivity contribution >= 4 is 34.4 Å². The second-order valence-corrected chi connectivity index (χ2v) is 6.05. The minimum absolute atomic E-state index is 0.431. The average molecular weight is 301 g/mol. The normalized spacial score (nSPS) is 13.8. The number of aryl methyl sites for hydroxylation is 1. The number of carbonyl (C=O) groups excluding carboxylic acids is 2. The maximum Gasteiger partial charge on any atom is 0.299 e. The molecule has 2 aromatic rings. The van der Waals surface area contributed by atoms with Crippen LogP contribution < -0.4 is 9.80 Å². The second-order valence-electron chi connectivity index (χ2n) is 5.11. The summed E-state index contributed by atoms with van der Waals surface area (Å²) >= 11 is 1.63. The summed E-state index contributed by atoms with van der Waals surface area (Å²) in [5.74, 6) is -0.900. The van der Waals surface area contributed by atoms with Gasteiger partial charge in [-0.15, -0.1) is 11.3 Å². The molecule has 0 N–H and O–H groups in total. The number of fused-ring (bicyclic) bond motifs is 1. The van der Waals surface area contributed by atoms with Gasteiger partial charge in [-0.25, -0.2) is 4.98 Å². The monoisotopic (exact) mass is 301 g/mol. The van der Waals surface area contributed by atoms with Crippen LogP contribution in [0.15, 0.2) is 23.7 Å². The number of aromatic nitrogens is 1. The van der Waals surface area contributed by atoms with Crippen LogP contribution in [0.4, 0.5) is 11.4 Å². The van der Waals surface area contributed by atoms with E-state index in [0.29, 0.717) is 11.3 Å². The number of hydrogen-bond acceptors (Lipinski definition) is 5. The van der Waals surface area contributed by atoms with E-state index in [9.17, 15) is 9.59 Å². The fourth-order valence-electron chi connectivity index (χ4n) is 2.39. The number of anilines is 2. The van der Waals surface area contributed by atoms with Crippen molar-refractivity contribution in [2.75, 3.05) is 23.9 Å². The maximum atomic E-state index is 11.8. The zero-order chi connectivity index (χ0) is 15.1. The van der Waals surface area contributed by atoms with Gasteiger partial charge in [0.2, 0.25) is 0 Å². The Balaban J connectivity index is 1.90. The summed E-state index contributed by atoms with van der Waals surface area (Å²) < 4.78 is 0. The van der Waals surface area contributed by atoms with Crippen LogP contribution in [-0.4, -0.2) is 30.8 Å². The van der Waals surface area contributed by atoms with Crippen molar-refractivity contribution in [2.45, 2.75) is 13.5 Å². The average Bonchev–Trinajstić information content (AvgIpc) is 2.97. The first-order valence-electron chi connectivity index (χ1n) is 6.55. The van der Waals surface area contributed by atoms with Gasteiger partial charge in [0.1, 0.15) is 0 Å². The molecule has 0 aliphatic carbocycles. The van der Waals surface area contributed by atoms with Crippen LogP contribution in [0.5, 0.6) is 0 Å².